The van der Waals surface area contributed by atoms with Crippen LogP contribution < -0.4 is 0 Å². The molecule has 3 heteroatoms. The van der Waals surface area contributed by atoms with Gasteiger partial charge in [-0.25, -0.2) is 0 Å². The van der Waals surface area contributed by atoms with Crippen LogP contribution in [0.15, 0.2) is 0 Å². The molecule has 0 aromatic rings. The van der Waals surface area contributed by atoms with Gasteiger partial charge in [0.1, 0.15) is 0 Å². The molecule has 0 fully saturated rings. The van der Waals surface area contributed by atoms with Gasteiger partial charge in [0, 0.05) is 26.5 Å². The molecule has 1 radical (unpaired) electrons. The van der Waals surface area contributed by atoms with Crippen LogP contribution in [0.4, 0.5) is 0 Å². The predicted molar refractivity (Wildman–Crippen MR) is 27.1 cm³/mol. The van der Waals surface area contributed by atoms with Crippen molar-refractivity contribution in [3.05, 3.63) is 0 Å². The zero-order valence-electron chi connectivity index (χ0n) is 4.97. The normalized spacial score (nSPS) is 8.38. The van der Waals surface area contributed by atoms with Crippen LogP contribution >= 0.6 is 0 Å². The molecule has 1 N–H and O–H groups in total. The van der Waals surface area contributed by atoms with Crippen LogP contribution in [0.1, 0.15) is 20.3 Å². The molecule has 0 amide bonds. The molecule has 8 heavy (non-hydrogen) atoms. The van der Waals surface area contributed by atoms with E-state index in [4.69, 9.17) is 5.11 Å². The third-order valence-corrected chi connectivity index (χ3v) is 0.583. The van der Waals surface area contributed by atoms with E-state index in [1.165, 1.54) is 0 Å². The zero-order chi connectivity index (χ0) is 5.86. The summed E-state index contributed by atoms with van der Waals surface area (Å²) >= 11 is 0. The first-order valence-electron chi connectivity index (χ1n) is 2.34. The second kappa shape index (κ2) is 5.26. The van der Waals surface area contributed by atoms with Crippen molar-refractivity contribution in [2.75, 3.05) is 0 Å². The number of carboxylic acids is 1. The van der Waals surface area contributed by atoms with E-state index in [9.17, 15) is 4.79 Å². The summed E-state index contributed by atoms with van der Waals surface area (Å²) in [5, 5.41) is 8.08. The van der Waals surface area contributed by atoms with E-state index in [2.05, 4.69) is 0 Å². The molecule has 0 aliphatic carbocycles. The first-order valence-corrected chi connectivity index (χ1v) is 2.34. The first-order chi connectivity index (χ1) is 3.13. The summed E-state index contributed by atoms with van der Waals surface area (Å²) in [6.07, 6.45) is 0.278. The molecular weight excluding hydrogens is 284 g/mol. The molecule has 0 atom stereocenters. The maximum absolute atomic E-state index is 9.81. The monoisotopic (exact) mass is 295 g/mol. The Kier molecular flexibility index (Phi) is 7.23. The molecule has 0 aliphatic rings. The van der Waals surface area contributed by atoms with Gasteiger partial charge < -0.3 is 5.11 Å². The molecule has 51 valence electrons. The average molecular weight is 294 g/mol. The van der Waals surface area contributed by atoms with Gasteiger partial charge in [-0.1, -0.05) is 13.8 Å². The molecule has 0 aliphatic heterocycles. The fourth-order valence-electron chi connectivity index (χ4n) is 0.349. The fourth-order valence-corrected chi connectivity index (χ4v) is 0.349. The Labute approximate surface area is 62.6 Å². The van der Waals surface area contributed by atoms with Crippen LogP contribution in [-0.4, -0.2) is 11.1 Å². The average Bonchev–Trinajstić information content (AvgIpc) is 1.27. The quantitative estimate of drug-likeness (QED) is 0.828. The van der Waals surface area contributed by atoms with Gasteiger partial charge in [0.2, 0.25) is 0 Å². The maximum Gasteiger partial charge on any atom is 0.303 e. The Morgan fingerprint density at radius 3 is 2.00 bits per heavy atom. The summed E-state index contributed by atoms with van der Waals surface area (Å²) in [6.45, 7) is 3.77. The van der Waals surface area contributed by atoms with Crippen molar-refractivity contribution < 1.29 is 30.0 Å². The van der Waals surface area contributed by atoms with E-state index in [1.54, 1.807) is 0 Å². The molecule has 0 spiro atoms. The minimum Gasteiger partial charge on any atom is -0.481 e. The van der Waals surface area contributed by atoms with E-state index < -0.39 is 5.97 Å². The van der Waals surface area contributed by atoms with Crippen LogP contribution in [0, 0.1) is 5.92 Å². The third-order valence-electron chi connectivity index (χ3n) is 0.583. The number of hydrogen-bond acceptors (Lipinski definition) is 1. The topological polar surface area (TPSA) is 37.3 Å². The number of rotatable bonds is 2. The van der Waals surface area contributed by atoms with Gasteiger partial charge in [0.05, 0.1) is 0 Å². The summed E-state index contributed by atoms with van der Waals surface area (Å²) < 4.78 is 0. The van der Waals surface area contributed by atoms with Crippen molar-refractivity contribution in [1.82, 2.24) is 0 Å². The Hall–Kier alpha value is 0.119. The molecular formula is C5H10IrO2. The molecule has 0 saturated heterocycles. The smallest absolute Gasteiger partial charge is 0.303 e. The van der Waals surface area contributed by atoms with Gasteiger partial charge in [0.15, 0.2) is 0 Å². The molecule has 0 heterocycles. The van der Waals surface area contributed by atoms with E-state index in [-0.39, 0.29) is 32.4 Å². The minimum atomic E-state index is -0.713. The SMILES string of the molecule is CC(C)CC(=O)O.[Ir]. The molecule has 0 saturated carbocycles. The summed E-state index contributed by atoms with van der Waals surface area (Å²) in [6, 6.07) is 0. The third kappa shape index (κ3) is 9.45. The molecule has 0 aromatic carbocycles. The molecule has 2 nitrogen and oxygen atoms in total. The Balaban J connectivity index is 0. The van der Waals surface area contributed by atoms with Crippen LogP contribution in [0.5, 0.6) is 0 Å². The van der Waals surface area contributed by atoms with E-state index in [1.807, 2.05) is 13.8 Å². The number of carbonyl (C=O) groups is 1. The summed E-state index contributed by atoms with van der Waals surface area (Å²) in [4.78, 5) is 9.81. The van der Waals surface area contributed by atoms with Crippen LogP contribution in [0.3, 0.4) is 0 Å². The second-order valence-electron chi connectivity index (χ2n) is 1.99. The Morgan fingerprint density at radius 2 is 2.00 bits per heavy atom. The van der Waals surface area contributed by atoms with Crippen LogP contribution in [0.25, 0.3) is 0 Å². The largest absolute Gasteiger partial charge is 0.481 e. The van der Waals surface area contributed by atoms with E-state index in [0.717, 1.165) is 0 Å². The van der Waals surface area contributed by atoms with E-state index in [0.29, 0.717) is 0 Å². The van der Waals surface area contributed by atoms with Crippen molar-refractivity contribution in [2.24, 2.45) is 5.92 Å². The maximum atomic E-state index is 9.81. The second-order valence-corrected chi connectivity index (χ2v) is 1.99. The van der Waals surface area contributed by atoms with E-state index >= 15 is 0 Å². The van der Waals surface area contributed by atoms with Gasteiger partial charge >= 0.3 is 5.97 Å². The first kappa shape index (κ1) is 11.0. The van der Waals surface area contributed by atoms with Crippen LogP contribution in [0.2, 0.25) is 0 Å². The van der Waals surface area contributed by atoms with Crippen molar-refractivity contribution in [3.63, 3.8) is 0 Å². The number of carboxylic acid groups (broad SMARTS) is 1. The molecule has 0 bridgehead atoms. The van der Waals surface area contributed by atoms with Gasteiger partial charge in [-0.2, -0.15) is 0 Å². The number of aliphatic carboxylic acids is 1. The van der Waals surface area contributed by atoms with Crippen molar-refractivity contribution >= 4 is 5.97 Å². The summed E-state index contributed by atoms with van der Waals surface area (Å²) in [5.41, 5.74) is 0. The van der Waals surface area contributed by atoms with Crippen molar-refractivity contribution in [2.45, 2.75) is 20.3 Å². The van der Waals surface area contributed by atoms with Gasteiger partial charge in [-0.05, 0) is 5.92 Å². The Bertz CT molecular complexity index is 70.8. The zero-order valence-corrected chi connectivity index (χ0v) is 7.37. The summed E-state index contributed by atoms with van der Waals surface area (Å²) in [5.74, 6) is -0.438. The molecule has 0 rings (SSSR count). The molecule has 0 aromatic heterocycles. The Morgan fingerprint density at radius 1 is 1.62 bits per heavy atom. The standard InChI is InChI=1S/C5H10O2.Ir/c1-4(2)3-5(6)7;/h4H,3H2,1-2H3,(H,6,7);. The molecule has 0 unspecified atom stereocenters. The predicted octanol–water partition coefficient (Wildman–Crippen LogP) is 1.11. The van der Waals surface area contributed by atoms with Crippen molar-refractivity contribution in [1.29, 1.82) is 0 Å². The summed E-state index contributed by atoms with van der Waals surface area (Å²) in [7, 11) is 0. The fraction of sp³-hybridized carbons (Fsp3) is 0.800. The van der Waals surface area contributed by atoms with Gasteiger partial charge in [-0.15, -0.1) is 0 Å². The van der Waals surface area contributed by atoms with Gasteiger partial charge in [0.25, 0.3) is 0 Å². The minimum absolute atomic E-state index is 0. The number of hydrogen-bond donors (Lipinski definition) is 1. The van der Waals surface area contributed by atoms with Crippen molar-refractivity contribution in [3.8, 4) is 0 Å². The van der Waals surface area contributed by atoms with Crippen LogP contribution in [-0.2, 0) is 24.9 Å². The van der Waals surface area contributed by atoms with Gasteiger partial charge in [-0.3, -0.25) is 4.79 Å².